The normalized spacial score (nSPS) is 14.8. The van der Waals surface area contributed by atoms with Crippen LogP contribution in [-0.4, -0.2) is 40.3 Å². The van der Waals surface area contributed by atoms with E-state index in [0.717, 1.165) is 22.9 Å². The second-order valence-electron chi connectivity index (χ2n) is 8.01. The number of nitrogens with one attached hydrogen (secondary N) is 1. The highest BCUT2D eigenvalue weighted by Gasteiger charge is 2.39. The van der Waals surface area contributed by atoms with Crippen molar-refractivity contribution in [3.63, 3.8) is 0 Å². The molecule has 3 heterocycles. The van der Waals surface area contributed by atoms with Crippen LogP contribution in [0.2, 0.25) is 0 Å². The minimum absolute atomic E-state index is 0.141. The Balaban J connectivity index is 1.84. The Morgan fingerprint density at radius 3 is 2.56 bits per heavy atom. The van der Waals surface area contributed by atoms with Crippen LogP contribution in [0.15, 0.2) is 41.3 Å². The number of halogens is 5. The fourth-order valence-corrected chi connectivity index (χ4v) is 3.83. The number of alkyl halides is 3. The standard InChI is InChI=1S/C23H19F5N4O4/c1-2-17(23(26,27)28)29-22(35)36-16-11-32(15-7-5-12(24)10-14(15)25)21-13(20(16)34)6-8-18(30-21)31-9-3-4-19(31)33/h5-8,10-11,17H,2-4,9H2,1H3,(H,29,35)/t17-/m1/s1. The van der Waals surface area contributed by atoms with Crippen molar-refractivity contribution >= 4 is 28.9 Å². The van der Waals surface area contributed by atoms with Gasteiger partial charge >= 0.3 is 12.3 Å². The molecule has 1 atom stereocenters. The van der Waals surface area contributed by atoms with Gasteiger partial charge in [0.25, 0.3) is 0 Å². The molecule has 4 rings (SSSR count). The van der Waals surface area contributed by atoms with Gasteiger partial charge in [-0.15, -0.1) is 0 Å². The fourth-order valence-electron chi connectivity index (χ4n) is 3.83. The molecule has 0 aliphatic carbocycles. The predicted molar refractivity (Wildman–Crippen MR) is 118 cm³/mol. The molecule has 2 aromatic heterocycles. The summed E-state index contributed by atoms with van der Waals surface area (Å²) < 4.78 is 73.2. The van der Waals surface area contributed by atoms with E-state index in [1.54, 1.807) is 5.32 Å². The molecule has 8 nitrogen and oxygen atoms in total. The number of carbonyl (C=O) groups excluding carboxylic acids is 2. The van der Waals surface area contributed by atoms with E-state index in [-0.39, 0.29) is 28.4 Å². The Bertz CT molecular complexity index is 1410. The zero-order chi connectivity index (χ0) is 26.2. The number of carbonyl (C=O) groups is 2. The van der Waals surface area contributed by atoms with Crippen LogP contribution in [0, 0.1) is 11.6 Å². The SMILES string of the molecule is CC[C@@H](NC(=O)Oc1cn(-c2ccc(F)cc2F)c2nc(N3CCCC3=O)ccc2c1=O)C(F)(F)F. The van der Waals surface area contributed by atoms with Gasteiger partial charge in [-0.1, -0.05) is 6.92 Å². The Hall–Kier alpha value is -4.03. The van der Waals surface area contributed by atoms with Crippen molar-refractivity contribution in [1.29, 1.82) is 0 Å². The number of anilines is 1. The quantitative estimate of drug-likeness (QED) is 0.519. The number of pyridine rings is 2. The molecule has 0 radical (unpaired) electrons. The van der Waals surface area contributed by atoms with Gasteiger partial charge in [-0.2, -0.15) is 13.2 Å². The van der Waals surface area contributed by atoms with Gasteiger partial charge < -0.3 is 10.1 Å². The molecule has 3 aromatic rings. The summed E-state index contributed by atoms with van der Waals surface area (Å²) in [6.45, 7) is 1.58. The minimum Gasteiger partial charge on any atom is -0.405 e. The van der Waals surface area contributed by atoms with Gasteiger partial charge in [0, 0.05) is 19.0 Å². The number of benzene rings is 1. The van der Waals surface area contributed by atoms with Gasteiger partial charge in [0.2, 0.25) is 11.3 Å². The van der Waals surface area contributed by atoms with Gasteiger partial charge in [0.1, 0.15) is 23.5 Å². The molecule has 1 saturated heterocycles. The molecule has 0 unspecified atom stereocenters. The van der Waals surface area contributed by atoms with Crippen LogP contribution in [0.5, 0.6) is 5.75 Å². The minimum atomic E-state index is -4.75. The number of fused-ring (bicyclic) bond motifs is 1. The number of nitrogens with zero attached hydrogens (tertiary/aromatic N) is 3. The highest BCUT2D eigenvalue weighted by atomic mass is 19.4. The third-order valence-corrected chi connectivity index (χ3v) is 5.62. The number of amides is 2. The van der Waals surface area contributed by atoms with Crippen LogP contribution >= 0.6 is 0 Å². The molecule has 13 heteroatoms. The monoisotopic (exact) mass is 510 g/mol. The van der Waals surface area contributed by atoms with E-state index in [4.69, 9.17) is 4.74 Å². The largest absolute Gasteiger partial charge is 0.413 e. The first kappa shape index (κ1) is 25.1. The molecule has 1 aliphatic heterocycles. The van der Waals surface area contributed by atoms with Gasteiger partial charge in [-0.3, -0.25) is 19.1 Å². The molecule has 190 valence electrons. The number of ether oxygens (including phenoxy) is 1. The molecule has 36 heavy (non-hydrogen) atoms. The number of hydrogen-bond acceptors (Lipinski definition) is 5. The summed E-state index contributed by atoms with van der Waals surface area (Å²) in [6, 6.07) is 3.00. The lowest BCUT2D eigenvalue weighted by Crippen LogP contribution is -2.46. The van der Waals surface area contributed by atoms with Crippen molar-refractivity contribution in [1.82, 2.24) is 14.9 Å². The lowest BCUT2D eigenvalue weighted by atomic mass is 10.2. The van der Waals surface area contributed by atoms with E-state index in [9.17, 15) is 36.3 Å². The maximum absolute atomic E-state index is 14.7. The zero-order valence-electron chi connectivity index (χ0n) is 18.7. The van der Waals surface area contributed by atoms with Crippen molar-refractivity contribution in [2.24, 2.45) is 0 Å². The Kier molecular flexibility index (Phi) is 6.65. The van der Waals surface area contributed by atoms with E-state index in [1.807, 2.05) is 0 Å². The number of aromatic nitrogens is 2. The maximum Gasteiger partial charge on any atom is 0.413 e. The van der Waals surface area contributed by atoms with Crippen LogP contribution in [0.1, 0.15) is 26.2 Å². The second-order valence-corrected chi connectivity index (χ2v) is 8.01. The Labute approximate surface area is 200 Å². The Morgan fingerprint density at radius 2 is 1.94 bits per heavy atom. The first-order valence-corrected chi connectivity index (χ1v) is 10.9. The van der Waals surface area contributed by atoms with E-state index >= 15 is 0 Å². The van der Waals surface area contributed by atoms with Gasteiger partial charge in [-0.25, -0.2) is 18.6 Å². The summed E-state index contributed by atoms with van der Waals surface area (Å²) in [5, 5.41) is 1.46. The molecule has 1 N–H and O–H groups in total. The van der Waals surface area contributed by atoms with Gasteiger partial charge in [0.05, 0.1) is 17.3 Å². The van der Waals surface area contributed by atoms with Gasteiger partial charge in [-0.05, 0) is 37.1 Å². The van der Waals surface area contributed by atoms with E-state index in [0.29, 0.717) is 25.5 Å². The van der Waals surface area contributed by atoms with E-state index < -0.39 is 47.5 Å². The molecule has 0 saturated carbocycles. The van der Waals surface area contributed by atoms with Crippen LogP contribution in [0.3, 0.4) is 0 Å². The number of rotatable bonds is 5. The molecule has 1 aromatic carbocycles. The molecule has 1 fully saturated rings. The third kappa shape index (κ3) is 4.86. The number of hydrogen-bond donors (Lipinski definition) is 1. The van der Waals surface area contributed by atoms with Crippen LogP contribution < -0.4 is 20.4 Å². The summed E-state index contributed by atoms with van der Waals surface area (Å²) in [6.07, 6.45) is -5.01. The van der Waals surface area contributed by atoms with Gasteiger partial charge in [0.15, 0.2) is 11.4 Å². The topological polar surface area (TPSA) is 93.5 Å². The predicted octanol–water partition coefficient (Wildman–Crippen LogP) is 4.22. The summed E-state index contributed by atoms with van der Waals surface area (Å²) in [5.41, 5.74) is -1.34. The summed E-state index contributed by atoms with van der Waals surface area (Å²) >= 11 is 0. The summed E-state index contributed by atoms with van der Waals surface area (Å²) in [4.78, 5) is 43.1. The highest BCUT2D eigenvalue weighted by Crippen LogP contribution is 2.27. The van der Waals surface area contributed by atoms with Crippen molar-refractivity contribution < 1.29 is 36.3 Å². The van der Waals surface area contributed by atoms with Crippen LogP contribution in [-0.2, 0) is 4.79 Å². The van der Waals surface area contributed by atoms with E-state index in [1.165, 1.54) is 24.0 Å². The Morgan fingerprint density at radius 1 is 1.19 bits per heavy atom. The van der Waals surface area contributed by atoms with Crippen LogP contribution in [0.4, 0.5) is 32.6 Å². The second kappa shape index (κ2) is 9.55. The molecule has 0 spiro atoms. The van der Waals surface area contributed by atoms with Crippen molar-refractivity contribution in [2.45, 2.75) is 38.4 Å². The molecule has 0 bridgehead atoms. The lowest BCUT2D eigenvalue weighted by molar-refractivity contribution is -0.154. The average Bonchev–Trinajstić information content (AvgIpc) is 3.24. The van der Waals surface area contributed by atoms with Crippen molar-refractivity contribution in [3.05, 3.63) is 58.4 Å². The van der Waals surface area contributed by atoms with Crippen molar-refractivity contribution in [3.8, 4) is 11.4 Å². The van der Waals surface area contributed by atoms with Crippen LogP contribution in [0.25, 0.3) is 16.7 Å². The average molecular weight is 510 g/mol. The highest BCUT2D eigenvalue weighted by molar-refractivity contribution is 5.95. The summed E-state index contributed by atoms with van der Waals surface area (Å²) in [7, 11) is 0. The molecule has 2 amide bonds. The summed E-state index contributed by atoms with van der Waals surface area (Å²) in [5.74, 6) is -2.67. The molecule has 1 aliphatic rings. The maximum atomic E-state index is 14.7. The molecular formula is C23H19F5N4O4. The first-order chi connectivity index (χ1) is 17.0. The third-order valence-electron chi connectivity index (χ3n) is 5.62. The lowest BCUT2D eigenvalue weighted by Gasteiger charge is -2.20. The fraction of sp³-hybridized carbons (Fsp3) is 0.304. The zero-order valence-corrected chi connectivity index (χ0v) is 18.7. The van der Waals surface area contributed by atoms with E-state index in [2.05, 4.69) is 4.98 Å². The molecular weight excluding hydrogens is 491 g/mol. The first-order valence-electron chi connectivity index (χ1n) is 10.9. The van der Waals surface area contributed by atoms with Crippen molar-refractivity contribution in [2.75, 3.05) is 11.4 Å². The smallest absolute Gasteiger partial charge is 0.405 e.